The predicted molar refractivity (Wildman–Crippen MR) is 157 cm³/mol. The average molecular weight is 611 g/mol. The lowest BCUT2D eigenvalue weighted by Gasteiger charge is -2.32. The van der Waals surface area contributed by atoms with Crippen molar-refractivity contribution in [2.24, 2.45) is 0 Å². The molecular formula is C28H30Cl3N3O4S. The van der Waals surface area contributed by atoms with E-state index in [0.29, 0.717) is 32.9 Å². The van der Waals surface area contributed by atoms with Crippen molar-refractivity contribution in [1.82, 2.24) is 10.2 Å². The summed E-state index contributed by atoms with van der Waals surface area (Å²) < 4.78 is 28.7. The summed E-state index contributed by atoms with van der Waals surface area (Å²) in [5, 5.41) is 3.93. The van der Waals surface area contributed by atoms with Crippen molar-refractivity contribution in [3.8, 4) is 0 Å². The predicted octanol–water partition coefficient (Wildman–Crippen LogP) is 6.09. The molecule has 39 heavy (non-hydrogen) atoms. The molecule has 0 spiro atoms. The number of nitrogens with one attached hydrogen (secondary N) is 1. The Hall–Kier alpha value is -2.78. The second kappa shape index (κ2) is 13.5. The Labute approximate surface area is 244 Å². The van der Waals surface area contributed by atoms with E-state index < -0.39 is 28.5 Å². The summed E-state index contributed by atoms with van der Waals surface area (Å²) in [6, 6.07) is 16.5. The van der Waals surface area contributed by atoms with E-state index in [0.717, 1.165) is 16.3 Å². The summed E-state index contributed by atoms with van der Waals surface area (Å²) in [5.41, 5.74) is 1.69. The third-order valence-corrected chi connectivity index (χ3v) is 8.67. The van der Waals surface area contributed by atoms with Gasteiger partial charge in [-0.2, -0.15) is 0 Å². The highest BCUT2D eigenvalue weighted by molar-refractivity contribution is 7.92. The second-order valence-electron chi connectivity index (χ2n) is 9.03. The number of anilines is 1. The molecule has 0 fully saturated rings. The monoisotopic (exact) mass is 609 g/mol. The van der Waals surface area contributed by atoms with Gasteiger partial charge in [0, 0.05) is 28.2 Å². The molecule has 0 unspecified atom stereocenters. The minimum atomic E-state index is -4.18. The fourth-order valence-electron chi connectivity index (χ4n) is 3.86. The van der Waals surface area contributed by atoms with Gasteiger partial charge in [0.2, 0.25) is 11.8 Å². The molecule has 3 rings (SSSR count). The first-order chi connectivity index (χ1) is 18.4. The summed E-state index contributed by atoms with van der Waals surface area (Å²) in [5.74, 6) is -0.947. The normalized spacial score (nSPS) is 12.1. The van der Waals surface area contributed by atoms with E-state index in [1.807, 2.05) is 19.9 Å². The van der Waals surface area contributed by atoms with Crippen LogP contribution in [-0.2, 0) is 26.2 Å². The molecule has 0 aliphatic rings. The Morgan fingerprint density at radius 3 is 2.23 bits per heavy atom. The molecule has 1 N–H and O–H groups in total. The number of halogens is 3. The molecule has 3 aromatic carbocycles. The number of rotatable bonds is 11. The smallest absolute Gasteiger partial charge is 0.264 e. The number of nitrogens with zero attached hydrogens (tertiary/aromatic N) is 2. The summed E-state index contributed by atoms with van der Waals surface area (Å²) >= 11 is 18.4. The minimum absolute atomic E-state index is 0.0257. The van der Waals surface area contributed by atoms with Crippen molar-refractivity contribution in [3.63, 3.8) is 0 Å². The van der Waals surface area contributed by atoms with Crippen molar-refractivity contribution < 1.29 is 18.0 Å². The molecule has 0 aromatic heterocycles. The summed E-state index contributed by atoms with van der Waals surface area (Å²) in [7, 11) is -4.18. The first-order valence-electron chi connectivity index (χ1n) is 12.3. The van der Waals surface area contributed by atoms with Gasteiger partial charge in [-0.1, -0.05) is 59.9 Å². The minimum Gasteiger partial charge on any atom is -0.354 e. The van der Waals surface area contributed by atoms with E-state index in [2.05, 4.69) is 5.32 Å². The van der Waals surface area contributed by atoms with Gasteiger partial charge in [-0.25, -0.2) is 8.42 Å². The van der Waals surface area contributed by atoms with Gasteiger partial charge in [-0.15, -0.1) is 0 Å². The number of hydrogen-bond acceptors (Lipinski definition) is 4. The lowest BCUT2D eigenvalue weighted by Crippen LogP contribution is -2.51. The van der Waals surface area contributed by atoms with Crippen molar-refractivity contribution in [1.29, 1.82) is 0 Å². The summed E-state index contributed by atoms with van der Waals surface area (Å²) in [6.07, 6.45) is 0.718. The lowest BCUT2D eigenvalue weighted by molar-refractivity contribution is -0.139. The molecule has 0 aliphatic carbocycles. The fraction of sp³-hybridized carbons (Fsp3) is 0.286. The molecule has 7 nitrogen and oxygen atoms in total. The number of sulfonamides is 1. The molecule has 0 bridgehead atoms. The van der Waals surface area contributed by atoms with E-state index in [1.165, 1.54) is 29.2 Å². The molecular weight excluding hydrogens is 581 g/mol. The summed E-state index contributed by atoms with van der Waals surface area (Å²) in [4.78, 5) is 28.1. The van der Waals surface area contributed by atoms with Crippen molar-refractivity contribution in [2.75, 3.05) is 17.4 Å². The molecule has 0 aliphatic heterocycles. The van der Waals surface area contributed by atoms with Crippen LogP contribution in [-0.4, -0.2) is 44.3 Å². The Bertz CT molecular complexity index is 1430. The van der Waals surface area contributed by atoms with Crippen LogP contribution in [0.2, 0.25) is 15.1 Å². The number of carbonyl (C=O) groups is 2. The van der Waals surface area contributed by atoms with Crippen molar-refractivity contribution >= 4 is 62.3 Å². The topological polar surface area (TPSA) is 86.8 Å². The van der Waals surface area contributed by atoms with E-state index in [1.54, 1.807) is 43.3 Å². The van der Waals surface area contributed by atoms with Gasteiger partial charge >= 0.3 is 0 Å². The maximum Gasteiger partial charge on any atom is 0.264 e. The van der Waals surface area contributed by atoms with Gasteiger partial charge in [-0.3, -0.25) is 13.9 Å². The standard InChI is InChI=1S/C28H30Cl3N3O4S/c1-4-14-32-28(36)20(3)33(17-21-8-9-23(30)16-26(21)31)27(35)18-34(24-7-5-6-19(2)15-24)39(37,38)25-12-10-22(29)11-13-25/h5-13,15-16,20H,4,14,17-18H2,1-3H3,(H,32,36)/t20-/m0/s1. The highest BCUT2D eigenvalue weighted by atomic mass is 35.5. The third kappa shape index (κ3) is 7.88. The SMILES string of the molecule is CCCNC(=O)[C@H](C)N(Cc1ccc(Cl)cc1Cl)C(=O)CN(c1cccc(C)c1)S(=O)(=O)c1ccc(Cl)cc1. The number of aryl methyl sites for hydroxylation is 1. The number of benzene rings is 3. The fourth-order valence-corrected chi connectivity index (χ4v) is 5.86. The first-order valence-corrected chi connectivity index (χ1v) is 14.9. The number of carbonyl (C=O) groups excluding carboxylic acids is 2. The second-order valence-corrected chi connectivity index (χ2v) is 12.2. The molecule has 0 saturated heterocycles. The van der Waals surface area contributed by atoms with Gasteiger partial charge in [0.25, 0.3) is 10.0 Å². The van der Waals surface area contributed by atoms with Gasteiger partial charge in [0.1, 0.15) is 12.6 Å². The van der Waals surface area contributed by atoms with E-state index >= 15 is 0 Å². The van der Waals surface area contributed by atoms with Crippen LogP contribution in [0.15, 0.2) is 71.6 Å². The molecule has 2 amide bonds. The van der Waals surface area contributed by atoms with E-state index in [4.69, 9.17) is 34.8 Å². The highest BCUT2D eigenvalue weighted by Gasteiger charge is 2.32. The zero-order chi connectivity index (χ0) is 28.7. The van der Waals surface area contributed by atoms with Crippen LogP contribution in [0.3, 0.4) is 0 Å². The Morgan fingerprint density at radius 1 is 0.949 bits per heavy atom. The third-order valence-electron chi connectivity index (χ3n) is 6.04. The van der Waals surface area contributed by atoms with Gasteiger partial charge in [0.05, 0.1) is 10.6 Å². The highest BCUT2D eigenvalue weighted by Crippen LogP contribution is 2.27. The van der Waals surface area contributed by atoms with Crippen molar-refractivity contribution in [2.45, 2.75) is 44.7 Å². The van der Waals surface area contributed by atoms with Crippen LogP contribution in [0.5, 0.6) is 0 Å². The largest absolute Gasteiger partial charge is 0.354 e. The average Bonchev–Trinajstić information content (AvgIpc) is 2.89. The Morgan fingerprint density at radius 2 is 1.62 bits per heavy atom. The maximum absolute atomic E-state index is 13.9. The van der Waals surface area contributed by atoms with Crippen LogP contribution < -0.4 is 9.62 Å². The maximum atomic E-state index is 13.9. The molecule has 3 aromatic rings. The van der Waals surface area contributed by atoms with Crippen LogP contribution in [0, 0.1) is 6.92 Å². The first kappa shape index (κ1) is 30.8. The Balaban J connectivity index is 2.04. The zero-order valence-electron chi connectivity index (χ0n) is 21.8. The number of hydrogen-bond donors (Lipinski definition) is 1. The quantitative estimate of drug-likeness (QED) is 0.285. The molecule has 0 heterocycles. The Kier molecular flexibility index (Phi) is 10.7. The van der Waals surface area contributed by atoms with Gasteiger partial charge in [0.15, 0.2) is 0 Å². The van der Waals surface area contributed by atoms with Crippen LogP contribution in [0.25, 0.3) is 0 Å². The molecule has 1 atom stereocenters. The summed E-state index contributed by atoms with van der Waals surface area (Å²) in [6.45, 7) is 5.20. The molecule has 0 radical (unpaired) electrons. The molecule has 0 saturated carbocycles. The number of amides is 2. The van der Waals surface area contributed by atoms with Crippen LogP contribution in [0.4, 0.5) is 5.69 Å². The lowest BCUT2D eigenvalue weighted by atomic mass is 10.1. The van der Waals surface area contributed by atoms with Crippen molar-refractivity contribution in [3.05, 3.63) is 92.9 Å². The molecule has 11 heteroatoms. The van der Waals surface area contributed by atoms with E-state index in [-0.39, 0.29) is 17.3 Å². The van der Waals surface area contributed by atoms with Crippen LogP contribution in [0.1, 0.15) is 31.4 Å². The van der Waals surface area contributed by atoms with Gasteiger partial charge in [-0.05, 0) is 79.9 Å². The van der Waals surface area contributed by atoms with Crippen LogP contribution >= 0.6 is 34.8 Å². The van der Waals surface area contributed by atoms with E-state index in [9.17, 15) is 18.0 Å². The zero-order valence-corrected chi connectivity index (χ0v) is 24.9. The molecule has 208 valence electrons. The van der Waals surface area contributed by atoms with Gasteiger partial charge < -0.3 is 10.2 Å².